The molecule has 0 radical (unpaired) electrons. The molecule has 54 valence electrons. The van der Waals surface area contributed by atoms with Crippen molar-refractivity contribution in [2.45, 2.75) is 6.42 Å². The lowest BCUT2D eigenvalue weighted by molar-refractivity contribution is 0.773. The Labute approximate surface area is 60.5 Å². The van der Waals surface area contributed by atoms with Gasteiger partial charge in [0.05, 0.1) is 0 Å². The standard InChI is InChI=1S/C7H11N3/c1-8-4-2-7-3-5-9-6-10-7/h3,5-6,8H,2,4H2,1H3. The average Bonchev–Trinajstić information content (AvgIpc) is 2.03. The van der Waals surface area contributed by atoms with Gasteiger partial charge >= 0.3 is 0 Å². The third-order valence-electron chi connectivity index (χ3n) is 1.27. The molecule has 1 aromatic rings. The monoisotopic (exact) mass is 137 g/mol. The maximum atomic E-state index is 4.07. The molecule has 1 N–H and O–H groups in total. The summed E-state index contributed by atoms with van der Waals surface area (Å²) in [6.45, 7) is 0.969. The third kappa shape index (κ3) is 2.11. The van der Waals surface area contributed by atoms with Gasteiger partial charge in [0.1, 0.15) is 6.33 Å². The molecule has 1 rings (SSSR count). The van der Waals surface area contributed by atoms with Crippen molar-refractivity contribution in [3.05, 3.63) is 24.3 Å². The molecule has 0 saturated carbocycles. The van der Waals surface area contributed by atoms with E-state index in [-0.39, 0.29) is 0 Å². The van der Waals surface area contributed by atoms with Gasteiger partial charge in [0.25, 0.3) is 0 Å². The molecule has 0 aliphatic carbocycles. The van der Waals surface area contributed by atoms with Gasteiger partial charge in [0.2, 0.25) is 0 Å². The molecule has 1 aromatic heterocycles. The number of likely N-dealkylation sites (N-methyl/N-ethyl adjacent to an activating group) is 1. The highest BCUT2D eigenvalue weighted by molar-refractivity contribution is 4.97. The average molecular weight is 137 g/mol. The minimum atomic E-state index is 0.969. The van der Waals surface area contributed by atoms with E-state index in [1.165, 1.54) is 0 Å². The van der Waals surface area contributed by atoms with Crippen molar-refractivity contribution in [1.82, 2.24) is 15.3 Å². The van der Waals surface area contributed by atoms with E-state index in [0.717, 1.165) is 18.7 Å². The Kier molecular flexibility index (Phi) is 2.83. The van der Waals surface area contributed by atoms with E-state index in [1.54, 1.807) is 12.5 Å². The van der Waals surface area contributed by atoms with Crippen LogP contribution in [0, 0.1) is 0 Å². The van der Waals surface area contributed by atoms with E-state index in [0.29, 0.717) is 0 Å². The maximum Gasteiger partial charge on any atom is 0.115 e. The van der Waals surface area contributed by atoms with Crippen LogP contribution >= 0.6 is 0 Å². The van der Waals surface area contributed by atoms with Gasteiger partial charge in [0.15, 0.2) is 0 Å². The highest BCUT2D eigenvalue weighted by Crippen LogP contribution is 1.89. The number of nitrogens with zero attached hydrogens (tertiary/aromatic N) is 2. The minimum Gasteiger partial charge on any atom is -0.319 e. The van der Waals surface area contributed by atoms with E-state index in [9.17, 15) is 0 Å². The highest BCUT2D eigenvalue weighted by atomic mass is 14.8. The second-order valence-electron chi connectivity index (χ2n) is 2.05. The number of aromatic nitrogens is 2. The first kappa shape index (κ1) is 7.15. The molecule has 0 atom stereocenters. The van der Waals surface area contributed by atoms with Crippen molar-refractivity contribution >= 4 is 0 Å². The Hall–Kier alpha value is -0.960. The van der Waals surface area contributed by atoms with Crippen molar-refractivity contribution in [3.8, 4) is 0 Å². The minimum absolute atomic E-state index is 0.969. The van der Waals surface area contributed by atoms with Crippen molar-refractivity contribution in [2.75, 3.05) is 13.6 Å². The fourth-order valence-corrected chi connectivity index (χ4v) is 0.719. The summed E-state index contributed by atoms with van der Waals surface area (Å²) >= 11 is 0. The summed E-state index contributed by atoms with van der Waals surface area (Å²) in [6, 6.07) is 1.93. The number of nitrogens with one attached hydrogen (secondary N) is 1. The van der Waals surface area contributed by atoms with Crippen LogP contribution in [-0.4, -0.2) is 23.6 Å². The van der Waals surface area contributed by atoms with Crippen LogP contribution in [0.5, 0.6) is 0 Å². The molecule has 0 bridgehead atoms. The van der Waals surface area contributed by atoms with Crippen LogP contribution in [0.3, 0.4) is 0 Å². The van der Waals surface area contributed by atoms with Crippen LogP contribution in [0.4, 0.5) is 0 Å². The first-order chi connectivity index (χ1) is 4.93. The van der Waals surface area contributed by atoms with E-state index in [2.05, 4.69) is 15.3 Å². The molecule has 1 heterocycles. The maximum absolute atomic E-state index is 4.07. The van der Waals surface area contributed by atoms with Gasteiger partial charge in [0, 0.05) is 24.9 Å². The summed E-state index contributed by atoms with van der Waals surface area (Å²) in [7, 11) is 1.93. The van der Waals surface area contributed by atoms with Gasteiger partial charge in [-0.05, 0) is 13.1 Å². The highest BCUT2D eigenvalue weighted by Gasteiger charge is 1.89. The van der Waals surface area contributed by atoms with Crippen LogP contribution < -0.4 is 5.32 Å². The zero-order chi connectivity index (χ0) is 7.23. The summed E-state index contributed by atoms with van der Waals surface area (Å²) in [5.41, 5.74) is 1.09. The fraction of sp³-hybridized carbons (Fsp3) is 0.429. The van der Waals surface area contributed by atoms with Gasteiger partial charge in [-0.3, -0.25) is 0 Å². The van der Waals surface area contributed by atoms with Crippen molar-refractivity contribution in [3.63, 3.8) is 0 Å². The van der Waals surface area contributed by atoms with Crippen LogP contribution in [0.1, 0.15) is 5.69 Å². The summed E-state index contributed by atoms with van der Waals surface area (Å²) < 4.78 is 0. The Balaban J connectivity index is 2.43. The molecule has 0 saturated heterocycles. The quantitative estimate of drug-likeness (QED) is 0.648. The van der Waals surface area contributed by atoms with Crippen LogP contribution in [0.25, 0.3) is 0 Å². The molecule has 0 fully saturated rings. The summed E-state index contributed by atoms with van der Waals surface area (Å²) in [5.74, 6) is 0. The number of hydrogen-bond acceptors (Lipinski definition) is 3. The molecule has 10 heavy (non-hydrogen) atoms. The molecule has 0 aliphatic rings. The van der Waals surface area contributed by atoms with Gasteiger partial charge < -0.3 is 5.32 Å². The Morgan fingerprint density at radius 3 is 3.10 bits per heavy atom. The molecule has 3 heteroatoms. The van der Waals surface area contributed by atoms with E-state index < -0.39 is 0 Å². The number of rotatable bonds is 3. The normalized spacial score (nSPS) is 9.70. The van der Waals surface area contributed by atoms with Gasteiger partial charge in [-0.25, -0.2) is 9.97 Å². The SMILES string of the molecule is CNCCc1ccncn1. The summed E-state index contributed by atoms with van der Waals surface area (Å²) in [6.07, 6.45) is 4.31. The van der Waals surface area contributed by atoms with Gasteiger partial charge in [-0.15, -0.1) is 0 Å². The smallest absolute Gasteiger partial charge is 0.115 e. The molecule has 3 nitrogen and oxygen atoms in total. The van der Waals surface area contributed by atoms with Gasteiger partial charge in [-0.2, -0.15) is 0 Å². The first-order valence-corrected chi connectivity index (χ1v) is 3.33. The molecule has 0 spiro atoms. The molecular formula is C7H11N3. The lowest BCUT2D eigenvalue weighted by atomic mass is 10.3. The second-order valence-corrected chi connectivity index (χ2v) is 2.05. The van der Waals surface area contributed by atoms with Crippen LogP contribution in [0.2, 0.25) is 0 Å². The first-order valence-electron chi connectivity index (χ1n) is 3.33. The van der Waals surface area contributed by atoms with E-state index in [1.807, 2.05) is 13.1 Å². The lowest BCUT2D eigenvalue weighted by Gasteiger charge is -1.96. The predicted octanol–water partition coefficient (Wildman–Crippen LogP) is 0.238. The topological polar surface area (TPSA) is 37.8 Å². The fourth-order valence-electron chi connectivity index (χ4n) is 0.719. The summed E-state index contributed by atoms with van der Waals surface area (Å²) in [4.78, 5) is 7.89. The molecule has 0 aromatic carbocycles. The van der Waals surface area contributed by atoms with Crippen molar-refractivity contribution in [2.24, 2.45) is 0 Å². The third-order valence-corrected chi connectivity index (χ3v) is 1.27. The lowest BCUT2D eigenvalue weighted by Crippen LogP contribution is -2.10. The number of hydrogen-bond donors (Lipinski definition) is 1. The Bertz CT molecular complexity index is 173. The second kappa shape index (κ2) is 3.95. The largest absolute Gasteiger partial charge is 0.319 e. The Morgan fingerprint density at radius 2 is 2.50 bits per heavy atom. The molecule has 0 amide bonds. The van der Waals surface area contributed by atoms with E-state index in [4.69, 9.17) is 0 Å². The van der Waals surface area contributed by atoms with Crippen molar-refractivity contribution < 1.29 is 0 Å². The van der Waals surface area contributed by atoms with Crippen LogP contribution in [0.15, 0.2) is 18.6 Å². The van der Waals surface area contributed by atoms with E-state index >= 15 is 0 Å². The molecule has 0 unspecified atom stereocenters. The van der Waals surface area contributed by atoms with Crippen LogP contribution in [-0.2, 0) is 6.42 Å². The molecular weight excluding hydrogens is 126 g/mol. The van der Waals surface area contributed by atoms with Crippen molar-refractivity contribution in [1.29, 1.82) is 0 Å². The van der Waals surface area contributed by atoms with Gasteiger partial charge in [-0.1, -0.05) is 0 Å². The molecule has 0 aliphatic heterocycles. The Morgan fingerprint density at radius 1 is 1.60 bits per heavy atom. The zero-order valence-electron chi connectivity index (χ0n) is 6.04. The predicted molar refractivity (Wildman–Crippen MR) is 39.7 cm³/mol. The zero-order valence-corrected chi connectivity index (χ0v) is 6.04. The summed E-state index contributed by atoms with van der Waals surface area (Å²) in [5, 5.41) is 3.06.